The third kappa shape index (κ3) is 2.72. The van der Waals surface area contributed by atoms with Crippen LogP contribution in [0, 0.1) is 0 Å². The summed E-state index contributed by atoms with van der Waals surface area (Å²) in [5.41, 5.74) is 0.648. The second kappa shape index (κ2) is 5.71. The molecule has 0 bridgehead atoms. The van der Waals surface area contributed by atoms with E-state index in [2.05, 4.69) is 5.32 Å². The van der Waals surface area contributed by atoms with Crippen molar-refractivity contribution in [1.29, 1.82) is 0 Å². The van der Waals surface area contributed by atoms with Crippen LogP contribution in [0.5, 0.6) is 11.5 Å². The normalized spacial score (nSPS) is 20.8. The lowest BCUT2D eigenvalue weighted by atomic mass is 10.1. The van der Waals surface area contributed by atoms with Gasteiger partial charge in [-0.15, -0.1) is 0 Å². The molecule has 0 radical (unpaired) electrons. The molecule has 1 aromatic carbocycles. The predicted octanol–water partition coefficient (Wildman–Crippen LogP) is 1.28. The Morgan fingerprint density at radius 2 is 2.15 bits per heavy atom. The van der Waals surface area contributed by atoms with Crippen LogP contribution in [0.1, 0.15) is 23.2 Å². The number of amides is 1. The van der Waals surface area contributed by atoms with E-state index in [1.165, 1.54) is 6.42 Å². The van der Waals surface area contributed by atoms with Crippen LogP contribution in [0.2, 0.25) is 0 Å². The number of carbonyl (C=O) groups excluding carboxylic acids is 1. The smallest absolute Gasteiger partial charge is 0.253 e. The summed E-state index contributed by atoms with van der Waals surface area (Å²) >= 11 is 0. The Labute approximate surface area is 118 Å². The lowest BCUT2D eigenvalue weighted by Gasteiger charge is -2.23. The summed E-state index contributed by atoms with van der Waals surface area (Å²) in [6.45, 7) is 2.89. The van der Waals surface area contributed by atoms with E-state index in [1.807, 2.05) is 13.1 Å². The average Bonchev–Trinajstić information content (AvgIpc) is 2.99. The monoisotopic (exact) mass is 276 g/mol. The number of rotatable bonds is 3. The van der Waals surface area contributed by atoms with Gasteiger partial charge in [0.05, 0.1) is 0 Å². The van der Waals surface area contributed by atoms with Crippen LogP contribution in [0.15, 0.2) is 18.2 Å². The molecule has 3 rings (SSSR count). The first-order chi connectivity index (χ1) is 9.74. The first-order valence-electron chi connectivity index (χ1n) is 7.12. The number of likely N-dealkylation sites (N-methyl/N-ethyl adjacent to an activating group) is 1. The topological polar surface area (TPSA) is 50.8 Å². The van der Waals surface area contributed by atoms with Gasteiger partial charge in [0.2, 0.25) is 0 Å². The highest BCUT2D eigenvalue weighted by molar-refractivity contribution is 5.94. The number of ether oxygens (including phenoxy) is 2. The molecule has 1 N–H and O–H groups in total. The highest BCUT2D eigenvalue weighted by Gasteiger charge is 2.21. The first-order valence-corrected chi connectivity index (χ1v) is 7.12. The van der Waals surface area contributed by atoms with Crippen molar-refractivity contribution in [3.05, 3.63) is 23.8 Å². The summed E-state index contributed by atoms with van der Waals surface area (Å²) in [6, 6.07) is 5.80. The van der Waals surface area contributed by atoms with Gasteiger partial charge in [-0.25, -0.2) is 0 Å². The molecule has 5 nitrogen and oxygen atoms in total. The van der Waals surface area contributed by atoms with E-state index in [0.717, 1.165) is 19.5 Å². The van der Waals surface area contributed by atoms with Crippen molar-refractivity contribution < 1.29 is 14.3 Å². The molecule has 1 atom stereocenters. The second-order valence-electron chi connectivity index (χ2n) is 5.34. The Morgan fingerprint density at radius 1 is 1.35 bits per heavy atom. The van der Waals surface area contributed by atoms with E-state index in [0.29, 0.717) is 36.3 Å². The van der Waals surface area contributed by atoms with Gasteiger partial charge in [0.15, 0.2) is 11.5 Å². The largest absolute Gasteiger partial charge is 0.486 e. The van der Waals surface area contributed by atoms with Gasteiger partial charge in [0, 0.05) is 25.2 Å². The molecular formula is C15H20N2O3. The molecule has 2 aliphatic rings. The molecule has 1 aromatic rings. The molecule has 0 spiro atoms. The molecule has 2 heterocycles. The quantitative estimate of drug-likeness (QED) is 0.903. The summed E-state index contributed by atoms with van der Waals surface area (Å²) in [5.74, 6) is 1.40. The van der Waals surface area contributed by atoms with Gasteiger partial charge in [-0.3, -0.25) is 4.79 Å². The highest BCUT2D eigenvalue weighted by atomic mass is 16.6. The number of hydrogen-bond acceptors (Lipinski definition) is 4. The van der Waals surface area contributed by atoms with Gasteiger partial charge in [0.25, 0.3) is 5.91 Å². The maximum Gasteiger partial charge on any atom is 0.253 e. The molecule has 0 saturated carbocycles. The fraction of sp³-hybridized carbons (Fsp3) is 0.533. The van der Waals surface area contributed by atoms with Gasteiger partial charge in [-0.05, 0) is 37.6 Å². The number of hydrogen-bond donors (Lipinski definition) is 1. The summed E-state index contributed by atoms with van der Waals surface area (Å²) < 4.78 is 11.0. The number of carbonyl (C=O) groups is 1. The van der Waals surface area contributed by atoms with E-state index in [9.17, 15) is 4.79 Å². The van der Waals surface area contributed by atoms with Crippen LogP contribution in [-0.2, 0) is 0 Å². The van der Waals surface area contributed by atoms with E-state index in [1.54, 1.807) is 17.0 Å². The zero-order chi connectivity index (χ0) is 13.9. The number of benzene rings is 1. The highest BCUT2D eigenvalue weighted by Crippen LogP contribution is 2.31. The Bertz CT molecular complexity index is 498. The molecule has 1 unspecified atom stereocenters. The van der Waals surface area contributed by atoms with E-state index >= 15 is 0 Å². The Hall–Kier alpha value is -1.75. The molecule has 108 valence electrons. The van der Waals surface area contributed by atoms with Gasteiger partial charge in [0.1, 0.15) is 13.2 Å². The molecule has 20 heavy (non-hydrogen) atoms. The van der Waals surface area contributed by atoms with Gasteiger partial charge >= 0.3 is 0 Å². The van der Waals surface area contributed by atoms with Crippen LogP contribution >= 0.6 is 0 Å². The lowest BCUT2D eigenvalue weighted by Crippen LogP contribution is -2.38. The molecule has 1 amide bonds. The predicted molar refractivity (Wildman–Crippen MR) is 75.4 cm³/mol. The van der Waals surface area contributed by atoms with Crippen LogP contribution in [-0.4, -0.2) is 50.2 Å². The minimum Gasteiger partial charge on any atom is -0.486 e. The van der Waals surface area contributed by atoms with Crippen molar-refractivity contribution in [3.63, 3.8) is 0 Å². The average molecular weight is 276 g/mol. The molecule has 0 aliphatic carbocycles. The Balaban J connectivity index is 1.69. The zero-order valence-electron chi connectivity index (χ0n) is 11.7. The number of nitrogens with zero attached hydrogens (tertiary/aromatic N) is 1. The summed E-state index contributed by atoms with van der Waals surface area (Å²) in [4.78, 5) is 14.2. The van der Waals surface area contributed by atoms with E-state index < -0.39 is 0 Å². The van der Waals surface area contributed by atoms with Crippen molar-refractivity contribution in [2.75, 3.05) is 33.4 Å². The van der Waals surface area contributed by atoms with Crippen LogP contribution in [0.3, 0.4) is 0 Å². The fourth-order valence-electron chi connectivity index (χ4n) is 2.72. The van der Waals surface area contributed by atoms with E-state index in [-0.39, 0.29) is 5.91 Å². The van der Waals surface area contributed by atoms with E-state index in [4.69, 9.17) is 9.47 Å². The van der Waals surface area contributed by atoms with Crippen LogP contribution in [0.25, 0.3) is 0 Å². The fourth-order valence-corrected chi connectivity index (χ4v) is 2.72. The second-order valence-corrected chi connectivity index (χ2v) is 5.34. The third-order valence-electron chi connectivity index (χ3n) is 3.79. The molecule has 1 saturated heterocycles. The minimum atomic E-state index is 0.0238. The van der Waals surface area contributed by atoms with Crippen LogP contribution < -0.4 is 14.8 Å². The lowest BCUT2D eigenvalue weighted by molar-refractivity contribution is 0.0782. The summed E-state index contributed by atoms with van der Waals surface area (Å²) in [6.07, 6.45) is 2.33. The van der Waals surface area contributed by atoms with Crippen LogP contribution in [0.4, 0.5) is 0 Å². The van der Waals surface area contributed by atoms with Crippen molar-refractivity contribution in [3.8, 4) is 11.5 Å². The maximum absolute atomic E-state index is 12.4. The number of fused-ring (bicyclic) bond motifs is 1. The molecular weight excluding hydrogens is 256 g/mol. The SMILES string of the molecule is CN(CC1CCCN1)C(=O)c1ccc2c(c1)OCCO2. The Morgan fingerprint density at radius 3 is 2.90 bits per heavy atom. The number of nitrogens with one attached hydrogen (secondary N) is 1. The summed E-state index contributed by atoms with van der Waals surface area (Å²) in [7, 11) is 1.85. The van der Waals surface area contributed by atoms with Gasteiger partial charge in [-0.1, -0.05) is 0 Å². The maximum atomic E-state index is 12.4. The Kier molecular flexibility index (Phi) is 3.78. The summed E-state index contributed by atoms with van der Waals surface area (Å²) in [5, 5.41) is 3.41. The van der Waals surface area contributed by atoms with Crippen molar-refractivity contribution in [1.82, 2.24) is 10.2 Å². The zero-order valence-corrected chi connectivity index (χ0v) is 11.7. The standard InChI is InChI=1S/C15H20N2O3/c1-17(10-12-3-2-6-16-12)15(18)11-4-5-13-14(9-11)20-8-7-19-13/h4-5,9,12,16H,2-3,6-8,10H2,1H3. The van der Waals surface area contributed by atoms with Gasteiger partial charge in [-0.2, -0.15) is 0 Å². The minimum absolute atomic E-state index is 0.0238. The van der Waals surface area contributed by atoms with Gasteiger partial charge < -0.3 is 19.7 Å². The molecule has 1 fully saturated rings. The third-order valence-corrected chi connectivity index (χ3v) is 3.79. The van der Waals surface area contributed by atoms with Crippen molar-refractivity contribution in [2.24, 2.45) is 0 Å². The molecule has 0 aromatic heterocycles. The van der Waals surface area contributed by atoms with Crippen molar-refractivity contribution in [2.45, 2.75) is 18.9 Å². The first kappa shape index (κ1) is 13.2. The molecule has 2 aliphatic heterocycles. The van der Waals surface area contributed by atoms with Crippen molar-refractivity contribution >= 4 is 5.91 Å². The molecule has 5 heteroatoms.